The third-order valence-corrected chi connectivity index (χ3v) is 1.65. The number of alkyl halides is 1. The van der Waals surface area contributed by atoms with Gasteiger partial charge < -0.3 is 4.74 Å². The Bertz CT molecular complexity index is 225. The third-order valence-electron chi connectivity index (χ3n) is 1.42. The van der Waals surface area contributed by atoms with Gasteiger partial charge in [0.2, 0.25) is 0 Å². The molecule has 0 amide bonds. The predicted octanol–water partition coefficient (Wildman–Crippen LogP) is 3.03. The molecule has 0 saturated carbocycles. The van der Waals surface area contributed by atoms with Crippen LogP contribution in [0.2, 0.25) is 0 Å². The van der Waals surface area contributed by atoms with Crippen LogP contribution in [-0.2, 0) is 0 Å². The minimum atomic E-state index is 0.551. The second-order valence-corrected chi connectivity index (χ2v) is 3.03. The van der Waals surface area contributed by atoms with E-state index in [0.717, 1.165) is 5.75 Å². The van der Waals surface area contributed by atoms with Crippen molar-refractivity contribution in [3.05, 3.63) is 29.3 Å². The van der Waals surface area contributed by atoms with E-state index in [1.807, 2.05) is 12.1 Å². The lowest BCUT2D eigenvalue weighted by Crippen LogP contribution is -1.89. The molecule has 0 unspecified atom stereocenters. The fraction of sp³-hybridized carbons (Fsp3) is 0.333. The molecule has 1 rings (SSSR count). The van der Waals surface area contributed by atoms with E-state index in [4.69, 9.17) is 4.74 Å². The third kappa shape index (κ3) is 2.54. The topological polar surface area (TPSA) is 9.23 Å². The van der Waals surface area contributed by atoms with Crippen molar-refractivity contribution in [1.82, 2.24) is 0 Å². The summed E-state index contributed by atoms with van der Waals surface area (Å²) in [7, 11) is 0. The monoisotopic (exact) mass is 214 g/mol. The average Bonchev–Trinajstić information content (AvgIpc) is 1.85. The van der Waals surface area contributed by atoms with Gasteiger partial charge >= 0.3 is 0 Å². The molecule has 0 aliphatic rings. The van der Waals surface area contributed by atoms with Crippen LogP contribution in [0.4, 0.5) is 0 Å². The van der Waals surface area contributed by atoms with Crippen LogP contribution in [0.1, 0.15) is 11.1 Å². The molecule has 0 atom stereocenters. The summed E-state index contributed by atoms with van der Waals surface area (Å²) >= 11 is 3.21. The maximum absolute atomic E-state index is 5.28. The molecule has 0 aromatic heterocycles. The summed E-state index contributed by atoms with van der Waals surface area (Å²) in [5, 5.41) is 0. The molecule has 1 aromatic rings. The van der Waals surface area contributed by atoms with E-state index >= 15 is 0 Å². The van der Waals surface area contributed by atoms with Crippen LogP contribution >= 0.6 is 15.9 Å². The Morgan fingerprint density at radius 2 is 1.73 bits per heavy atom. The SMILES string of the molecule is Cc1cc(C)cc(OCBr)c1. The van der Waals surface area contributed by atoms with Crippen LogP contribution in [0, 0.1) is 13.8 Å². The quantitative estimate of drug-likeness (QED) is 0.689. The minimum absolute atomic E-state index is 0.551. The zero-order valence-corrected chi connectivity index (χ0v) is 8.31. The Morgan fingerprint density at radius 3 is 2.18 bits per heavy atom. The number of hydrogen-bond acceptors (Lipinski definition) is 1. The van der Waals surface area contributed by atoms with E-state index in [1.54, 1.807) is 0 Å². The van der Waals surface area contributed by atoms with Crippen molar-refractivity contribution in [3.63, 3.8) is 0 Å². The van der Waals surface area contributed by atoms with E-state index in [-0.39, 0.29) is 0 Å². The molecule has 0 fully saturated rings. The van der Waals surface area contributed by atoms with Crippen LogP contribution in [0.25, 0.3) is 0 Å². The molecule has 0 aliphatic heterocycles. The summed E-state index contributed by atoms with van der Waals surface area (Å²) in [4.78, 5) is 0. The fourth-order valence-corrected chi connectivity index (χ4v) is 1.34. The first kappa shape index (κ1) is 8.60. The first-order valence-electron chi connectivity index (χ1n) is 3.49. The van der Waals surface area contributed by atoms with Crippen LogP contribution < -0.4 is 4.74 Å². The Morgan fingerprint density at radius 1 is 1.18 bits per heavy atom. The number of rotatable bonds is 2. The van der Waals surface area contributed by atoms with Crippen molar-refractivity contribution in [1.29, 1.82) is 0 Å². The number of aryl methyl sites for hydroxylation is 2. The second kappa shape index (κ2) is 3.77. The summed E-state index contributed by atoms with van der Waals surface area (Å²) < 4.78 is 5.28. The highest BCUT2D eigenvalue weighted by Crippen LogP contribution is 2.16. The number of hydrogen-bond donors (Lipinski definition) is 0. The maximum Gasteiger partial charge on any atom is 0.143 e. The fourth-order valence-electron chi connectivity index (χ4n) is 1.08. The molecule has 0 spiro atoms. The molecular formula is C9H11BrO. The standard InChI is InChI=1S/C9H11BrO/c1-7-3-8(2)5-9(4-7)11-6-10/h3-5H,6H2,1-2H3. The van der Waals surface area contributed by atoms with E-state index in [0.29, 0.717) is 5.52 Å². The molecule has 1 aromatic carbocycles. The van der Waals surface area contributed by atoms with Gasteiger partial charge in [-0.25, -0.2) is 0 Å². The molecule has 0 bridgehead atoms. The Labute approximate surface area is 75.5 Å². The molecule has 0 radical (unpaired) electrons. The van der Waals surface area contributed by atoms with Crippen LogP contribution in [0.5, 0.6) is 5.75 Å². The second-order valence-electron chi connectivity index (χ2n) is 2.58. The van der Waals surface area contributed by atoms with Crippen molar-refractivity contribution in [2.24, 2.45) is 0 Å². The van der Waals surface area contributed by atoms with E-state index in [1.165, 1.54) is 11.1 Å². The summed E-state index contributed by atoms with van der Waals surface area (Å²) in [5.74, 6) is 0.930. The first-order chi connectivity index (χ1) is 5.22. The Balaban J connectivity index is 2.89. The van der Waals surface area contributed by atoms with Crippen LogP contribution in [0.3, 0.4) is 0 Å². The largest absolute Gasteiger partial charge is 0.482 e. The van der Waals surface area contributed by atoms with Gasteiger partial charge in [-0.2, -0.15) is 0 Å². The van der Waals surface area contributed by atoms with Gasteiger partial charge in [-0.1, -0.05) is 6.07 Å². The lowest BCUT2D eigenvalue weighted by atomic mass is 10.1. The van der Waals surface area contributed by atoms with Crippen molar-refractivity contribution >= 4 is 15.9 Å². The molecule has 1 nitrogen and oxygen atoms in total. The number of ether oxygens (including phenoxy) is 1. The highest BCUT2D eigenvalue weighted by atomic mass is 79.9. The number of halogens is 1. The molecule has 0 aliphatic carbocycles. The highest BCUT2D eigenvalue weighted by molar-refractivity contribution is 9.09. The smallest absolute Gasteiger partial charge is 0.143 e. The maximum atomic E-state index is 5.28. The van der Waals surface area contributed by atoms with Crippen molar-refractivity contribution < 1.29 is 4.74 Å². The minimum Gasteiger partial charge on any atom is -0.482 e. The van der Waals surface area contributed by atoms with Gasteiger partial charge in [-0.05, 0) is 53.0 Å². The van der Waals surface area contributed by atoms with Crippen molar-refractivity contribution in [2.75, 3.05) is 5.52 Å². The van der Waals surface area contributed by atoms with Crippen LogP contribution in [-0.4, -0.2) is 5.52 Å². The zero-order chi connectivity index (χ0) is 8.27. The van der Waals surface area contributed by atoms with Gasteiger partial charge in [-0.3, -0.25) is 0 Å². The van der Waals surface area contributed by atoms with E-state index < -0.39 is 0 Å². The van der Waals surface area contributed by atoms with Crippen molar-refractivity contribution in [2.45, 2.75) is 13.8 Å². The Kier molecular flexibility index (Phi) is 2.94. The molecule has 11 heavy (non-hydrogen) atoms. The van der Waals surface area contributed by atoms with Crippen LogP contribution in [0.15, 0.2) is 18.2 Å². The van der Waals surface area contributed by atoms with Gasteiger partial charge in [0.05, 0.1) is 0 Å². The van der Waals surface area contributed by atoms with Gasteiger partial charge in [-0.15, -0.1) is 0 Å². The summed E-state index contributed by atoms with van der Waals surface area (Å²) in [6.07, 6.45) is 0. The average molecular weight is 215 g/mol. The molecule has 0 N–H and O–H groups in total. The van der Waals surface area contributed by atoms with E-state index in [9.17, 15) is 0 Å². The number of benzene rings is 1. The lowest BCUT2D eigenvalue weighted by Gasteiger charge is -2.03. The summed E-state index contributed by atoms with van der Waals surface area (Å²) in [6.45, 7) is 4.13. The van der Waals surface area contributed by atoms with E-state index in [2.05, 4.69) is 35.8 Å². The van der Waals surface area contributed by atoms with Gasteiger partial charge in [0.1, 0.15) is 11.3 Å². The zero-order valence-electron chi connectivity index (χ0n) is 6.73. The molecule has 2 heteroatoms. The summed E-state index contributed by atoms with van der Waals surface area (Å²) in [6, 6.07) is 6.17. The molecule has 60 valence electrons. The Hall–Kier alpha value is -0.500. The first-order valence-corrected chi connectivity index (χ1v) is 4.61. The summed E-state index contributed by atoms with van der Waals surface area (Å²) in [5.41, 5.74) is 3.03. The van der Waals surface area contributed by atoms with Gasteiger partial charge in [0.15, 0.2) is 0 Å². The van der Waals surface area contributed by atoms with Gasteiger partial charge in [0.25, 0.3) is 0 Å². The lowest BCUT2D eigenvalue weighted by molar-refractivity contribution is 0.397. The normalized spacial score (nSPS) is 9.73. The highest BCUT2D eigenvalue weighted by Gasteiger charge is 1.94. The van der Waals surface area contributed by atoms with Gasteiger partial charge in [0, 0.05) is 0 Å². The molecule has 0 saturated heterocycles. The molecule has 0 heterocycles. The van der Waals surface area contributed by atoms with Crippen molar-refractivity contribution in [3.8, 4) is 5.75 Å². The predicted molar refractivity (Wildman–Crippen MR) is 50.3 cm³/mol. The molecular weight excluding hydrogens is 204 g/mol.